The summed E-state index contributed by atoms with van der Waals surface area (Å²) in [6.45, 7) is 6.93. The minimum absolute atomic E-state index is 0.499. The van der Waals surface area contributed by atoms with E-state index in [1.54, 1.807) is 0 Å². The maximum absolute atomic E-state index is 9.27. The van der Waals surface area contributed by atoms with Gasteiger partial charge in [0.05, 0.1) is 11.6 Å². The summed E-state index contributed by atoms with van der Waals surface area (Å²) in [5.74, 6) is 0. The van der Waals surface area contributed by atoms with Crippen molar-refractivity contribution in [3.8, 4) is 6.07 Å². The van der Waals surface area contributed by atoms with E-state index in [1.807, 2.05) is 12.1 Å². The molecular formula is C19H22N2. The lowest BCUT2D eigenvalue weighted by atomic mass is 9.78. The number of piperidine rings is 1. The molecule has 1 aliphatic heterocycles. The Morgan fingerprint density at radius 1 is 1.10 bits per heavy atom. The van der Waals surface area contributed by atoms with Gasteiger partial charge in [0.15, 0.2) is 0 Å². The lowest BCUT2D eigenvalue weighted by Crippen LogP contribution is -2.38. The Kier molecular flexibility index (Phi) is 3.59. The van der Waals surface area contributed by atoms with Crippen LogP contribution in [0.3, 0.4) is 0 Å². The predicted molar refractivity (Wildman–Crippen MR) is 88.5 cm³/mol. The minimum Gasteiger partial charge on any atom is -0.371 e. The van der Waals surface area contributed by atoms with Crippen LogP contribution in [0.2, 0.25) is 0 Å². The Labute approximate surface area is 127 Å². The molecular weight excluding hydrogens is 256 g/mol. The quantitative estimate of drug-likeness (QED) is 0.794. The maximum Gasteiger partial charge on any atom is 0.0998 e. The Bertz CT molecular complexity index is 688. The van der Waals surface area contributed by atoms with Crippen molar-refractivity contribution in [1.29, 1.82) is 5.26 Å². The second-order valence-corrected chi connectivity index (χ2v) is 6.44. The molecule has 1 fully saturated rings. The van der Waals surface area contributed by atoms with Crippen LogP contribution in [0.5, 0.6) is 0 Å². The summed E-state index contributed by atoms with van der Waals surface area (Å²) in [7, 11) is 0. The molecule has 0 saturated carbocycles. The predicted octanol–water partition coefficient (Wildman–Crippen LogP) is 4.73. The molecule has 21 heavy (non-hydrogen) atoms. The van der Waals surface area contributed by atoms with Crippen molar-refractivity contribution < 1.29 is 0 Å². The van der Waals surface area contributed by atoms with Gasteiger partial charge in [0.2, 0.25) is 0 Å². The van der Waals surface area contributed by atoms with Gasteiger partial charge in [0.1, 0.15) is 0 Å². The van der Waals surface area contributed by atoms with Crippen molar-refractivity contribution in [1.82, 2.24) is 0 Å². The first-order chi connectivity index (χ1) is 10.2. The van der Waals surface area contributed by atoms with Gasteiger partial charge in [-0.1, -0.05) is 44.5 Å². The number of hydrogen-bond donors (Lipinski definition) is 0. The summed E-state index contributed by atoms with van der Waals surface area (Å²) in [5, 5.41) is 11.5. The van der Waals surface area contributed by atoms with Gasteiger partial charge in [-0.15, -0.1) is 0 Å². The summed E-state index contributed by atoms with van der Waals surface area (Å²) in [4.78, 5) is 2.49. The molecule has 108 valence electrons. The fourth-order valence-corrected chi connectivity index (χ4v) is 3.30. The molecule has 2 heteroatoms. The van der Waals surface area contributed by atoms with Crippen molar-refractivity contribution in [2.45, 2.75) is 33.1 Å². The topological polar surface area (TPSA) is 27.0 Å². The van der Waals surface area contributed by atoms with E-state index < -0.39 is 0 Å². The third-order valence-electron chi connectivity index (χ3n) is 5.19. The van der Waals surface area contributed by atoms with E-state index in [4.69, 9.17) is 0 Å². The molecule has 1 heterocycles. The van der Waals surface area contributed by atoms with Crippen LogP contribution < -0.4 is 4.90 Å². The van der Waals surface area contributed by atoms with Crippen molar-refractivity contribution in [3.05, 3.63) is 42.0 Å². The second kappa shape index (κ2) is 5.41. The Morgan fingerprint density at radius 2 is 1.76 bits per heavy atom. The summed E-state index contributed by atoms with van der Waals surface area (Å²) in [5.41, 5.74) is 2.55. The van der Waals surface area contributed by atoms with E-state index in [0.717, 1.165) is 24.0 Å². The summed E-state index contributed by atoms with van der Waals surface area (Å²) in [6.07, 6.45) is 3.75. The molecule has 2 nitrogen and oxygen atoms in total. The van der Waals surface area contributed by atoms with Crippen LogP contribution in [0.1, 0.15) is 38.7 Å². The molecule has 0 N–H and O–H groups in total. The highest BCUT2D eigenvalue weighted by Gasteiger charge is 2.28. The van der Waals surface area contributed by atoms with Crippen LogP contribution in [-0.4, -0.2) is 13.1 Å². The van der Waals surface area contributed by atoms with Gasteiger partial charge in [0.25, 0.3) is 0 Å². The molecule has 0 aliphatic carbocycles. The third kappa shape index (κ3) is 2.49. The van der Waals surface area contributed by atoms with Gasteiger partial charge in [-0.3, -0.25) is 0 Å². The minimum atomic E-state index is 0.499. The Morgan fingerprint density at radius 3 is 2.38 bits per heavy atom. The molecule has 1 saturated heterocycles. The number of nitriles is 1. The smallest absolute Gasteiger partial charge is 0.0998 e. The standard InChI is InChI=1S/C19H22N2/c1-3-19(2)10-12-21(13-11-19)18-9-8-15(14-20)16-6-4-5-7-17(16)18/h4-9H,3,10-13H2,1-2H3. The van der Waals surface area contributed by atoms with Crippen molar-refractivity contribution in [3.63, 3.8) is 0 Å². The molecule has 0 unspecified atom stereocenters. The Balaban J connectivity index is 1.98. The zero-order chi connectivity index (χ0) is 14.9. The molecule has 0 aromatic heterocycles. The lowest BCUT2D eigenvalue weighted by molar-refractivity contribution is 0.238. The number of nitrogens with zero attached hydrogens (tertiary/aromatic N) is 2. The van der Waals surface area contributed by atoms with E-state index in [1.165, 1.54) is 30.3 Å². The van der Waals surface area contributed by atoms with E-state index >= 15 is 0 Å². The van der Waals surface area contributed by atoms with Crippen LogP contribution in [0, 0.1) is 16.7 Å². The maximum atomic E-state index is 9.27. The number of benzene rings is 2. The largest absolute Gasteiger partial charge is 0.371 e. The van der Waals surface area contributed by atoms with Gasteiger partial charge < -0.3 is 4.90 Å². The number of rotatable bonds is 2. The number of hydrogen-bond acceptors (Lipinski definition) is 2. The van der Waals surface area contributed by atoms with Crippen LogP contribution >= 0.6 is 0 Å². The normalized spacial score (nSPS) is 17.7. The summed E-state index contributed by atoms with van der Waals surface area (Å²) in [6, 6.07) is 14.7. The number of anilines is 1. The monoisotopic (exact) mass is 278 g/mol. The summed E-state index contributed by atoms with van der Waals surface area (Å²) >= 11 is 0. The molecule has 0 atom stereocenters. The molecule has 0 amide bonds. The fraction of sp³-hybridized carbons (Fsp3) is 0.421. The van der Waals surface area contributed by atoms with Crippen LogP contribution in [0.15, 0.2) is 36.4 Å². The zero-order valence-electron chi connectivity index (χ0n) is 12.9. The van der Waals surface area contributed by atoms with Crippen molar-refractivity contribution in [2.75, 3.05) is 18.0 Å². The highest BCUT2D eigenvalue weighted by molar-refractivity contribution is 5.97. The molecule has 2 aromatic carbocycles. The van der Waals surface area contributed by atoms with Gasteiger partial charge in [-0.25, -0.2) is 0 Å². The zero-order valence-corrected chi connectivity index (χ0v) is 12.9. The fourth-order valence-electron chi connectivity index (χ4n) is 3.30. The third-order valence-corrected chi connectivity index (χ3v) is 5.19. The van der Waals surface area contributed by atoms with E-state index in [0.29, 0.717) is 5.41 Å². The van der Waals surface area contributed by atoms with E-state index in [2.05, 4.69) is 49.1 Å². The van der Waals surface area contributed by atoms with Crippen LogP contribution in [0.4, 0.5) is 5.69 Å². The second-order valence-electron chi connectivity index (χ2n) is 6.44. The van der Waals surface area contributed by atoms with Gasteiger partial charge >= 0.3 is 0 Å². The molecule has 0 radical (unpaired) electrons. The van der Waals surface area contributed by atoms with Crippen LogP contribution in [-0.2, 0) is 0 Å². The average Bonchev–Trinajstić information content (AvgIpc) is 2.55. The first kappa shape index (κ1) is 13.9. The Hall–Kier alpha value is -2.01. The lowest BCUT2D eigenvalue weighted by Gasteiger charge is -2.40. The van der Waals surface area contributed by atoms with Gasteiger partial charge in [-0.05, 0) is 30.4 Å². The van der Waals surface area contributed by atoms with Crippen molar-refractivity contribution in [2.24, 2.45) is 5.41 Å². The average molecular weight is 278 g/mol. The summed E-state index contributed by atoms with van der Waals surface area (Å²) < 4.78 is 0. The SMILES string of the molecule is CCC1(C)CCN(c2ccc(C#N)c3ccccc23)CC1. The molecule has 3 rings (SSSR count). The first-order valence-corrected chi connectivity index (χ1v) is 7.84. The molecule has 0 spiro atoms. The highest BCUT2D eigenvalue weighted by Crippen LogP contribution is 2.38. The first-order valence-electron chi connectivity index (χ1n) is 7.84. The number of fused-ring (bicyclic) bond motifs is 1. The van der Waals surface area contributed by atoms with E-state index in [-0.39, 0.29) is 0 Å². The molecule has 1 aliphatic rings. The van der Waals surface area contributed by atoms with Crippen molar-refractivity contribution >= 4 is 16.5 Å². The molecule has 0 bridgehead atoms. The van der Waals surface area contributed by atoms with E-state index in [9.17, 15) is 5.26 Å². The van der Waals surface area contributed by atoms with Crippen LogP contribution in [0.25, 0.3) is 10.8 Å². The van der Waals surface area contributed by atoms with Gasteiger partial charge in [0, 0.05) is 29.5 Å². The van der Waals surface area contributed by atoms with Gasteiger partial charge in [-0.2, -0.15) is 5.26 Å². The highest BCUT2D eigenvalue weighted by atomic mass is 15.1. The molecule has 2 aromatic rings.